The van der Waals surface area contributed by atoms with E-state index >= 15 is 0 Å². The maximum absolute atomic E-state index is 6.56. The average Bonchev–Trinajstić information content (AvgIpc) is 4.05. The molecule has 0 saturated heterocycles. The molecule has 4 heterocycles. The quantitative estimate of drug-likeness (QED) is 0.171. The van der Waals surface area contributed by atoms with Crippen molar-refractivity contribution in [1.82, 2.24) is 13.7 Å². The lowest BCUT2D eigenvalue weighted by atomic mass is 9.99. The van der Waals surface area contributed by atoms with Gasteiger partial charge in [0.2, 0.25) is 5.71 Å². The average molecular weight is 766 g/mol. The fraction of sp³-hybridized carbons (Fsp3) is 0. The molecule has 0 bridgehead atoms. The topological polar surface area (TPSA) is 27.9 Å². The molecule has 0 amide bonds. The molecule has 0 aliphatic rings. The second-order valence-electron chi connectivity index (χ2n) is 15.7. The van der Waals surface area contributed by atoms with Gasteiger partial charge in [0.25, 0.3) is 0 Å². The number of fused-ring (bicyclic) bond motifs is 11. The molecule has 0 aliphatic heterocycles. The molecule has 9 aromatic carbocycles. The number of aromatic nitrogens is 3. The Bertz CT molecular complexity index is 3810. The minimum atomic E-state index is 0.866. The van der Waals surface area contributed by atoms with Gasteiger partial charge in [-0.05, 0) is 113 Å². The first-order chi connectivity index (χ1) is 29.8. The molecule has 0 fully saturated rings. The van der Waals surface area contributed by atoms with E-state index in [2.05, 4.69) is 220 Å². The lowest BCUT2D eigenvalue weighted by Crippen LogP contribution is -1.97. The zero-order chi connectivity index (χ0) is 39.3. The first-order valence-corrected chi connectivity index (χ1v) is 20.5. The zero-order valence-electron chi connectivity index (χ0n) is 32.5. The van der Waals surface area contributed by atoms with Gasteiger partial charge < -0.3 is 13.6 Å². The molecule has 4 nitrogen and oxygen atoms in total. The van der Waals surface area contributed by atoms with E-state index in [9.17, 15) is 0 Å². The normalized spacial score (nSPS) is 12.0. The van der Waals surface area contributed by atoms with E-state index in [4.69, 9.17) is 4.42 Å². The van der Waals surface area contributed by atoms with Crippen molar-refractivity contribution >= 4 is 76.6 Å². The van der Waals surface area contributed by atoms with Crippen molar-refractivity contribution in [1.29, 1.82) is 0 Å². The minimum absolute atomic E-state index is 0.866. The number of furan rings is 1. The molecule has 4 heteroatoms. The third-order valence-corrected chi connectivity index (χ3v) is 12.5. The van der Waals surface area contributed by atoms with Crippen LogP contribution in [0.4, 0.5) is 0 Å². The van der Waals surface area contributed by atoms with Crippen LogP contribution in [0.25, 0.3) is 116 Å². The predicted octanol–water partition coefficient (Wildman–Crippen LogP) is 15.1. The third-order valence-electron chi connectivity index (χ3n) is 12.5. The second kappa shape index (κ2) is 12.7. The van der Waals surface area contributed by atoms with Crippen LogP contribution in [-0.4, -0.2) is 13.7 Å². The zero-order valence-corrected chi connectivity index (χ0v) is 32.5. The van der Waals surface area contributed by atoms with E-state index in [1.807, 2.05) is 6.07 Å². The third kappa shape index (κ3) is 4.79. The van der Waals surface area contributed by atoms with Gasteiger partial charge in [-0.3, -0.25) is 4.57 Å². The Labute approximate surface area is 345 Å². The van der Waals surface area contributed by atoms with Crippen molar-refractivity contribution in [2.75, 3.05) is 0 Å². The highest BCUT2D eigenvalue weighted by Crippen LogP contribution is 2.41. The SMILES string of the molecule is c1ccc(-c2ccc3c(c2)c2cc(-c4ccc5c(c4)c4ccccc4n5-c4ccccc4)ccc2n3-c2ccc(-n3c4ccccc4c4c5ccccc5oc43)cc2)cc1. The van der Waals surface area contributed by atoms with Crippen LogP contribution in [0.1, 0.15) is 0 Å². The van der Waals surface area contributed by atoms with E-state index in [1.54, 1.807) is 0 Å². The van der Waals surface area contributed by atoms with Gasteiger partial charge >= 0.3 is 0 Å². The largest absolute Gasteiger partial charge is 0.439 e. The van der Waals surface area contributed by atoms with Gasteiger partial charge in [-0.1, -0.05) is 121 Å². The van der Waals surface area contributed by atoms with Gasteiger partial charge in [0.15, 0.2) is 0 Å². The lowest BCUT2D eigenvalue weighted by Gasteiger charge is -2.11. The highest BCUT2D eigenvalue weighted by molar-refractivity contribution is 6.20. The number of para-hydroxylation sites is 4. The monoisotopic (exact) mass is 765 g/mol. The summed E-state index contributed by atoms with van der Waals surface area (Å²) in [6, 6.07) is 76.7. The van der Waals surface area contributed by atoms with Crippen molar-refractivity contribution in [3.05, 3.63) is 212 Å². The number of nitrogens with zero attached hydrogens (tertiary/aromatic N) is 3. The second-order valence-corrected chi connectivity index (χ2v) is 15.7. The molecule has 0 N–H and O–H groups in total. The van der Waals surface area contributed by atoms with E-state index in [0.717, 1.165) is 44.6 Å². The summed E-state index contributed by atoms with van der Waals surface area (Å²) in [5.41, 5.74) is 15.8. The van der Waals surface area contributed by atoms with Gasteiger partial charge in [0, 0.05) is 49.4 Å². The summed E-state index contributed by atoms with van der Waals surface area (Å²) < 4.78 is 13.6. The fourth-order valence-corrected chi connectivity index (χ4v) is 9.75. The molecule has 0 unspecified atom stereocenters. The summed E-state index contributed by atoms with van der Waals surface area (Å²) in [5.74, 6) is 0. The number of hydrogen-bond acceptors (Lipinski definition) is 1. The van der Waals surface area contributed by atoms with Gasteiger partial charge in [0.05, 0.1) is 33.0 Å². The van der Waals surface area contributed by atoms with Crippen molar-refractivity contribution in [3.8, 4) is 39.3 Å². The molecule has 0 saturated carbocycles. The first kappa shape index (κ1) is 32.9. The summed E-state index contributed by atoms with van der Waals surface area (Å²) in [5, 5.41) is 8.42. The molecule has 60 heavy (non-hydrogen) atoms. The molecule has 0 atom stereocenters. The van der Waals surface area contributed by atoms with E-state index in [1.165, 1.54) is 71.3 Å². The Morgan fingerprint density at radius 2 is 0.683 bits per heavy atom. The van der Waals surface area contributed by atoms with Crippen molar-refractivity contribution in [3.63, 3.8) is 0 Å². The Morgan fingerprint density at radius 3 is 1.30 bits per heavy atom. The summed E-state index contributed by atoms with van der Waals surface area (Å²) in [7, 11) is 0. The van der Waals surface area contributed by atoms with Crippen LogP contribution in [0, 0.1) is 0 Å². The molecular formula is C56H35N3O. The van der Waals surface area contributed by atoms with E-state index < -0.39 is 0 Å². The Hall–Kier alpha value is -8.08. The van der Waals surface area contributed by atoms with E-state index in [-0.39, 0.29) is 0 Å². The maximum Gasteiger partial charge on any atom is 0.213 e. The van der Waals surface area contributed by atoms with Crippen LogP contribution in [0.3, 0.4) is 0 Å². The van der Waals surface area contributed by atoms with Gasteiger partial charge in [-0.2, -0.15) is 0 Å². The predicted molar refractivity (Wildman–Crippen MR) is 250 cm³/mol. The molecule has 13 rings (SSSR count). The first-order valence-electron chi connectivity index (χ1n) is 20.5. The van der Waals surface area contributed by atoms with Crippen LogP contribution in [-0.2, 0) is 0 Å². The van der Waals surface area contributed by atoms with Gasteiger partial charge in [-0.15, -0.1) is 0 Å². The van der Waals surface area contributed by atoms with Crippen molar-refractivity contribution < 1.29 is 4.42 Å². The Balaban J connectivity index is 0.988. The van der Waals surface area contributed by atoms with E-state index in [0.29, 0.717) is 0 Å². The highest BCUT2D eigenvalue weighted by atomic mass is 16.3. The van der Waals surface area contributed by atoms with Crippen molar-refractivity contribution in [2.45, 2.75) is 0 Å². The van der Waals surface area contributed by atoms with Crippen LogP contribution < -0.4 is 0 Å². The Morgan fingerprint density at radius 1 is 0.267 bits per heavy atom. The summed E-state index contributed by atoms with van der Waals surface area (Å²) in [6.45, 7) is 0. The number of hydrogen-bond donors (Lipinski definition) is 0. The molecule has 13 aromatic rings. The fourth-order valence-electron chi connectivity index (χ4n) is 9.75. The molecule has 0 radical (unpaired) electrons. The van der Waals surface area contributed by atoms with Gasteiger partial charge in [0.1, 0.15) is 5.58 Å². The number of rotatable bonds is 5. The smallest absolute Gasteiger partial charge is 0.213 e. The van der Waals surface area contributed by atoms with Crippen LogP contribution in [0.5, 0.6) is 0 Å². The lowest BCUT2D eigenvalue weighted by molar-refractivity contribution is 0.645. The summed E-state index contributed by atoms with van der Waals surface area (Å²) >= 11 is 0. The molecular weight excluding hydrogens is 731 g/mol. The maximum atomic E-state index is 6.56. The summed E-state index contributed by atoms with van der Waals surface area (Å²) in [4.78, 5) is 0. The van der Waals surface area contributed by atoms with Crippen LogP contribution >= 0.6 is 0 Å². The molecule has 280 valence electrons. The highest BCUT2D eigenvalue weighted by Gasteiger charge is 2.20. The Kier molecular flexibility index (Phi) is 6.98. The van der Waals surface area contributed by atoms with Crippen molar-refractivity contribution in [2.24, 2.45) is 0 Å². The summed E-state index contributed by atoms with van der Waals surface area (Å²) in [6.07, 6.45) is 0. The molecule has 0 aliphatic carbocycles. The molecule has 0 spiro atoms. The van der Waals surface area contributed by atoms with Gasteiger partial charge in [-0.25, -0.2) is 0 Å². The minimum Gasteiger partial charge on any atom is -0.439 e. The standard InChI is InChI=1S/C56H35N3O/c1-3-13-36(14-4-1)37-23-30-52-47(33-37)48-35-39(38-24-31-51-46(34-38)43-17-7-10-20-49(43)57(51)40-15-5-2-6-16-40)25-32-53(48)58(52)41-26-28-42(29-27-41)59-50-21-11-8-18-44(50)55-45-19-9-12-22-54(45)60-56(55)59/h1-35H. The van der Waals surface area contributed by atoms with Crippen LogP contribution in [0.15, 0.2) is 217 Å². The van der Waals surface area contributed by atoms with Crippen LogP contribution in [0.2, 0.25) is 0 Å². The number of benzene rings is 9. The molecule has 4 aromatic heterocycles.